The van der Waals surface area contributed by atoms with Crippen molar-refractivity contribution < 1.29 is 14.3 Å². The molecule has 1 N–H and O–H groups in total. The normalized spacial score (nSPS) is 28.2. The second-order valence-corrected chi connectivity index (χ2v) is 4.35. The fourth-order valence-electron chi connectivity index (χ4n) is 1.26. The smallest absolute Gasteiger partial charge is 0.408 e. The van der Waals surface area contributed by atoms with E-state index in [-0.39, 0.29) is 11.9 Å². The first-order valence-corrected chi connectivity index (χ1v) is 4.34. The van der Waals surface area contributed by atoms with Crippen LogP contribution in [0.2, 0.25) is 0 Å². The van der Waals surface area contributed by atoms with Crippen molar-refractivity contribution in [2.75, 3.05) is 0 Å². The van der Waals surface area contributed by atoms with Crippen molar-refractivity contribution in [2.24, 2.45) is 5.41 Å². The first-order chi connectivity index (χ1) is 5.82. The molecule has 0 unspecified atom stereocenters. The highest BCUT2D eigenvalue weighted by Gasteiger charge is 2.40. The summed E-state index contributed by atoms with van der Waals surface area (Å²) in [6.07, 6.45) is -0.866. The van der Waals surface area contributed by atoms with E-state index in [1.165, 1.54) is 0 Å². The third-order valence-electron chi connectivity index (χ3n) is 2.06. The lowest BCUT2D eigenvalue weighted by atomic mass is 9.85. The maximum atomic E-state index is 11.7. The van der Waals surface area contributed by atoms with Crippen molar-refractivity contribution in [3.8, 4) is 0 Å². The Morgan fingerprint density at radius 1 is 1.46 bits per heavy atom. The predicted molar refractivity (Wildman–Crippen MR) is 47.3 cm³/mol. The van der Waals surface area contributed by atoms with Gasteiger partial charge in [-0.05, 0) is 6.92 Å². The van der Waals surface area contributed by atoms with Crippen LogP contribution in [0.1, 0.15) is 27.7 Å². The van der Waals surface area contributed by atoms with E-state index in [1.54, 1.807) is 6.92 Å². The maximum absolute atomic E-state index is 11.7. The molecule has 13 heavy (non-hydrogen) atoms. The average molecular weight is 185 g/mol. The number of cyclic esters (lactones) is 1. The third-order valence-corrected chi connectivity index (χ3v) is 2.06. The van der Waals surface area contributed by atoms with Crippen molar-refractivity contribution in [2.45, 2.75) is 39.8 Å². The van der Waals surface area contributed by atoms with Crippen LogP contribution >= 0.6 is 0 Å². The molecule has 1 aliphatic heterocycles. The van der Waals surface area contributed by atoms with Gasteiger partial charge in [0.05, 0.1) is 0 Å². The van der Waals surface area contributed by atoms with E-state index >= 15 is 0 Å². The summed E-state index contributed by atoms with van der Waals surface area (Å²) in [5, 5.41) is 2.50. The van der Waals surface area contributed by atoms with Gasteiger partial charge in [-0.3, -0.25) is 4.79 Å². The minimum atomic E-state index is -0.505. The lowest BCUT2D eigenvalue weighted by molar-refractivity contribution is -0.129. The van der Waals surface area contributed by atoms with Crippen molar-refractivity contribution in [3.05, 3.63) is 0 Å². The zero-order valence-electron chi connectivity index (χ0n) is 8.38. The summed E-state index contributed by atoms with van der Waals surface area (Å²) in [5.41, 5.74) is -0.445. The van der Waals surface area contributed by atoms with Crippen LogP contribution in [0.25, 0.3) is 0 Å². The average Bonchev–Trinajstić information content (AvgIpc) is 2.26. The summed E-state index contributed by atoms with van der Waals surface area (Å²) in [5.74, 6) is 0.00542. The molecule has 1 fully saturated rings. The van der Waals surface area contributed by atoms with Gasteiger partial charge in [0, 0.05) is 5.41 Å². The van der Waals surface area contributed by atoms with E-state index in [9.17, 15) is 9.59 Å². The molecule has 0 spiro atoms. The van der Waals surface area contributed by atoms with Gasteiger partial charge in [0.1, 0.15) is 12.1 Å². The van der Waals surface area contributed by atoms with Crippen molar-refractivity contribution in [1.29, 1.82) is 0 Å². The van der Waals surface area contributed by atoms with Crippen molar-refractivity contribution in [3.63, 3.8) is 0 Å². The van der Waals surface area contributed by atoms with Crippen LogP contribution in [0, 0.1) is 5.41 Å². The molecule has 0 aromatic heterocycles. The van der Waals surface area contributed by atoms with E-state index in [2.05, 4.69) is 5.32 Å². The van der Waals surface area contributed by atoms with Gasteiger partial charge < -0.3 is 10.1 Å². The molecule has 1 amide bonds. The molecule has 0 aromatic carbocycles. The standard InChI is InChI=1S/C9H15NO3/c1-5-6(10-8(12)13-5)7(11)9(2,3)4/h5-6H,1-4H3,(H,10,12)/t5-,6-/m1/s1. The Morgan fingerprint density at radius 3 is 2.31 bits per heavy atom. The number of hydrogen-bond acceptors (Lipinski definition) is 3. The second kappa shape index (κ2) is 3.01. The van der Waals surface area contributed by atoms with E-state index in [0.717, 1.165) is 0 Å². The predicted octanol–water partition coefficient (Wildman–Crippen LogP) is 1.10. The van der Waals surface area contributed by atoms with Crippen LogP contribution < -0.4 is 5.32 Å². The number of carbonyl (C=O) groups is 2. The van der Waals surface area contributed by atoms with Gasteiger partial charge in [0.25, 0.3) is 0 Å². The van der Waals surface area contributed by atoms with Crippen molar-refractivity contribution in [1.82, 2.24) is 5.32 Å². The number of Topliss-reactive ketones (excluding diaryl/α,β-unsaturated/α-hetero) is 1. The highest BCUT2D eigenvalue weighted by molar-refractivity contribution is 5.93. The highest BCUT2D eigenvalue weighted by atomic mass is 16.6. The largest absolute Gasteiger partial charge is 0.444 e. The molecular weight excluding hydrogens is 170 g/mol. The molecule has 0 aliphatic carbocycles. The monoisotopic (exact) mass is 185 g/mol. The van der Waals surface area contributed by atoms with E-state index in [4.69, 9.17) is 4.74 Å². The summed E-state index contributed by atoms with van der Waals surface area (Å²) in [4.78, 5) is 22.5. The van der Waals surface area contributed by atoms with E-state index < -0.39 is 17.6 Å². The molecule has 1 heterocycles. The molecule has 0 radical (unpaired) electrons. The summed E-state index contributed by atoms with van der Waals surface area (Å²) in [6, 6.07) is -0.493. The number of ketones is 1. The number of hydrogen-bond donors (Lipinski definition) is 1. The van der Waals surface area contributed by atoms with Crippen molar-refractivity contribution >= 4 is 11.9 Å². The summed E-state index contributed by atoms with van der Waals surface area (Å²) < 4.78 is 4.82. The summed E-state index contributed by atoms with van der Waals surface area (Å²) in [7, 11) is 0. The second-order valence-electron chi connectivity index (χ2n) is 4.35. The number of alkyl carbamates (subject to hydrolysis) is 1. The van der Waals surface area contributed by atoms with Crippen LogP contribution in [0.4, 0.5) is 4.79 Å². The Bertz CT molecular complexity index is 242. The molecule has 0 saturated carbocycles. The molecule has 0 aromatic rings. The number of rotatable bonds is 1. The van der Waals surface area contributed by atoms with Gasteiger partial charge in [0.15, 0.2) is 5.78 Å². The summed E-state index contributed by atoms with van der Waals surface area (Å²) in [6.45, 7) is 7.19. The van der Waals surface area contributed by atoms with Gasteiger partial charge in [-0.25, -0.2) is 4.79 Å². The topological polar surface area (TPSA) is 55.4 Å². The molecular formula is C9H15NO3. The van der Waals surface area contributed by atoms with Crippen LogP contribution in [0.3, 0.4) is 0 Å². The Kier molecular flexibility index (Phi) is 2.32. The van der Waals surface area contributed by atoms with Gasteiger partial charge in [-0.15, -0.1) is 0 Å². The Hall–Kier alpha value is -1.06. The van der Waals surface area contributed by atoms with Crippen LogP contribution in [0.15, 0.2) is 0 Å². The first kappa shape index (κ1) is 10.0. The molecule has 2 atom stereocenters. The quantitative estimate of drug-likeness (QED) is 0.665. The van der Waals surface area contributed by atoms with Crippen LogP contribution in [-0.2, 0) is 9.53 Å². The molecule has 1 rings (SSSR count). The van der Waals surface area contributed by atoms with Gasteiger partial charge in [-0.1, -0.05) is 20.8 Å². The third kappa shape index (κ3) is 1.99. The zero-order chi connectivity index (χ0) is 10.2. The molecule has 4 nitrogen and oxygen atoms in total. The lowest BCUT2D eigenvalue weighted by Gasteiger charge is -2.22. The van der Waals surface area contributed by atoms with Crippen LogP contribution in [0.5, 0.6) is 0 Å². The van der Waals surface area contributed by atoms with Gasteiger partial charge in [0.2, 0.25) is 0 Å². The number of ether oxygens (including phenoxy) is 1. The fraction of sp³-hybridized carbons (Fsp3) is 0.778. The van der Waals surface area contributed by atoms with E-state index in [1.807, 2.05) is 20.8 Å². The Labute approximate surface area is 77.6 Å². The molecule has 1 saturated heterocycles. The summed E-state index contributed by atoms with van der Waals surface area (Å²) >= 11 is 0. The first-order valence-electron chi connectivity index (χ1n) is 4.34. The number of carbonyl (C=O) groups excluding carboxylic acids is 2. The minimum absolute atomic E-state index is 0.00542. The molecule has 74 valence electrons. The lowest BCUT2D eigenvalue weighted by Crippen LogP contribution is -2.44. The highest BCUT2D eigenvalue weighted by Crippen LogP contribution is 2.21. The number of amides is 1. The molecule has 4 heteroatoms. The Balaban J connectivity index is 2.74. The van der Waals surface area contributed by atoms with Crippen LogP contribution in [-0.4, -0.2) is 24.0 Å². The SMILES string of the molecule is C[C@H]1OC(=O)N[C@H]1C(=O)C(C)(C)C. The number of nitrogens with one attached hydrogen (secondary N) is 1. The fourth-order valence-corrected chi connectivity index (χ4v) is 1.26. The Morgan fingerprint density at radius 2 is 2.00 bits per heavy atom. The van der Waals surface area contributed by atoms with E-state index in [0.29, 0.717) is 0 Å². The van der Waals surface area contributed by atoms with Gasteiger partial charge >= 0.3 is 6.09 Å². The van der Waals surface area contributed by atoms with Gasteiger partial charge in [-0.2, -0.15) is 0 Å². The maximum Gasteiger partial charge on any atom is 0.408 e. The minimum Gasteiger partial charge on any atom is -0.444 e. The molecule has 0 bridgehead atoms. The zero-order valence-corrected chi connectivity index (χ0v) is 8.38. The molecule has 1 aliphatic rings.